The number of carbonyl (C=O) groups excluding carboxylic acids is 4. The van der Waals surface area contributed by atoms with Crippen LogP contribution >= 0.6 is 31.9 Å². The van der Waals surface area contributed by atoms with Crippen LogP contribution in [0.4, 0.5) is 18.9 Å². The molecule has 0 aromatic heterocycles. The van der Waals surface area contributed by atoms with Gasteiger partial charge in [-0.3, -0.25) is 19.3 Å². The molecule has 33 heavy (non-hydrogen) atoms. The standard InChI is InChI=1S/C21H19Br2F3N2O5/c1-8(28-18(30)14-11-6-12(15(14)19(28)31)17(23)16(11)22)20(32)33-7-13(29)27-10-4-2-3-9(5-10)21(24,25)26/h2-5,8,11-12,14-17H,6-7H2,1H3,(H,27,29)/t8-,11-,12-,14-,15+,16+,17+/m1/s1. The van der Waals surface area contributed by atoms with Crippen LogP contribution in [-0.4, -0.2) is 50.9 Å². The van der Waals surface area contributed by atoms with Crippen molar-refractivity contribution >= 4 is 61.2 Å². The summed E-state index contributed by atoms with van der Waals surface area (Å²) in [6, 6.07) is 2.79. The van der Waals surface area contributed by atoms with Crippen molar-refractivity contribution in [3.63, 3.8) is 0 Å². The van der Waals surface area contributed by atoms with Gasteiger partial charge in [0.25, 0.3) is 5.91 Å². The molecule has 1 aromatic rings. The Kier molecular flexibility index (Phi) is 6.36. The number of rotatable bonds is 5. The van der Waals surface area contributed by atoms with Gasteiger partial charge in [-0.2, -0.15) is 13.2 Å². The van der Waals surface area contributed by atoms with Gasteiger partial charge in [0, 0.05) is 15.3 Å². The Balaban J connectivity index is 1.35. The number of nitrogens with zero attached hydrogens (tertiary/aromatic N) is 1. The lowest BCUT2D eigenvalue weighted by molar-refractivity contribution is -0.159. The lowest BCUT2D eigenvalue weighted by atomic mass is 9.81. The van der Waals surface area contributed by atoms with Crippen molar-refractivity contribution in [1.82, 2.24) is 4.90 Å². The molecular weight excluding hydrogens is 577 g/mol. The van der Waals surface area contributed by atoms with E-state index in [2.05, 4.69) is 37.2 Å². The molecule has 2 bridgehead atoms. The van der Waals surface area contributed by atoms with Crippen LogP contribution in [0.2, 0.25) is 0 Å². The molecule has 0 radical (unpaired) electrons. The summed E-state index contributed by atoms with van der Waals surface area (Å²) in [6.45, 7) is 0.573. The molecule has 3 amide bonds. The number of carbonyl (C=O) groups is 4. The van der Waals surface area contributed by atoms with Crippen LogP contribution in [0.15, 0.2) is 24.3 Å². The second kappa shape index (κ2) is 8.68. The van der Waals surface area contributed by atoms with Gasteiger partial charge < -0.3 is 10.1 Å². The summed E-state index contributed by atoms with van der Waals surface area (Å²) in [5.41, 5.74) is -1.05. The van der Waals surface area contributed by atoms with E-state index in [1.165, 1.54) is 13.0 Å². The van der Waals surface area contributed by atoms with E-state index in [1.807, 2.05) is 0 Å². The van der Waals surface area contributed by atoms with Gasteiger partial charge in [0.15, 0.2) is 6.61 Å². The van der Waals surface area contributed by atoms with Gasteiger partial charge in [0.05, 0.1) is 17.4 Å². The topological polar surface area (TPSA) is 92.8 Å². The average Bonchev–Trinajstić information content (AvgIpc) is 3.36. The number of anilines is 1. The summed E-state index contributed by atoms with van der Waals surface area (Å²) in [4.78, 5) is 51.5. The van der Waals surface area contributed by atoms with E-state index >= 15 is 0 Å². The molecule has 2 aliphatic carbocycles. The fourth-order valence-corrected chi connectivity index (χ4v) is 6.96. The molecule has 12 heteroatoms. The Labute approximate surface area is 203 Å². The maximum absolute atomic E-state index is 13.0. The van der Waals surface area contributed by atoms with Gasteiger partial charge in [-0.1, -0.05) is 37.9 Å². The van der Waals surface area contributed by atoms with Crippen LogP contribution in [0.3, 0.4) is 0 Å². The number of alkyl halides is 5. The molecule has 3 fully saturated rings. The Bertz CT molecular complexity index is 988. The summed E-state index contributed by atoms with van der Waals surface area (Å²) in [5.74, 6) is -3.62. The quantitative estimate of drug-likeness (QED) is 0.320. The fourth-order valence-electron chi connectivity index (χ4n) is 5.09. The van der Waals surface area contributed by atoms with E-state index in [1.54, 1.807) is 0 Å². The molecule has 1 aromatic carbocycles. The Morgan fingerprint density at radius 1 is 1.15 bits per heavy atom. The third-order valence-corrected chi connectivity index (χ3v) is 9.78. The first-order chi connectivity index (χ1) is 15.4. The number of halogens is 5. The van der Waals surface area contributed by atoms with Crippen molar-refractivity contribution in [1.29, 1.82) is 0 Å². The van der Waals surface area contributed by atoms with Crippen molar-refractivity contribution < 1.29 is 37.1 Å². The molecule has 1 N–H and O–H groups in total. The average molecular weight is 596 g/mol. The highest BCUT2D eigenvalue weighted by Gasteiger charge is 2.67. The highest BCUT2D eigenvalue weighted by molar-refractivity contribution is 9.12. The zero-order valence-electron chi connectivity index (χ0n) is 17.1. The molecule has 3 aliphatic rings. The van der Waals surface area contributed by atoms with E-state index in [9.17, 15) is 32.3 Å². The van der Waals surface area contributed by atoms with E-state index < -0.39 is 59.9 Å². The van der Waals surface area contributed by atoms with Gasteiger partial charge in [-0.15, -0.1) is 0 Å². The van der Waals surface area contributed by atoms with Crippen molar-refractivity contribution in [3.05, 3.63) is 29.8 Å². The summed E-state index contributed by atoms with van der Waals surface area (Å²) >= 11 is 7.17. The minimum atomic E-state index is -4.57. The number of fused-ring (bicyclic) bond motifs is 5. The van der Waals surface area contributed by atoms with Gasteiger partial charge >= 0.3 is 12.1 Å². The summed E-state index contributed by atoms with van der Waals surface area (Å²) in [5, 5.41) is 2.22. The molecule has 4 rings (SSSR count). The minimum Gasteiger partial charge on any atom is -0.454 e. The Hall–Kier alpha value is -1.95. The second-order valence-electron chi connectivity index (χ2n) is 8.46. The molecule has 1 heterocycles. The van der Waals surface area contributed by atoms with Gasteiger partial charge in [-0.25, -0.2) is 4.79 Å². The first kappa shape index (κ1) is 24.2. The van der Waals surface area contributed by atoms with Crippen LogP contribution in [0.25, 0.3) is 0 Å². The number of esters is 1. The predicted octanol–water partition coefficient (Wildman–Crippen LogP) is 3.35. The van der Waals surface area contributed by atoms with E-state index in [4.69, 9.17) is 4.74 Å². The number of nitrogens with one attached hydrogen (secondary N) is 1. The molecular formula is C21H19Br2F3N2O5. The maximum Gasteiger partial charge on any atom is 0.416 e. The summed E-state index contributed by atoms with van der Waals surface area (Å²) in [6.07, 6.45) is -3.82. The van der Waals surface area contributed by atoms with Crippen LogP contribution in [0.5, 0.6) is 0 Å². The predicted molar refractivity (Wildman–Crippen MR) is 116 cm³/mol. The maximum atomic E-state index is 13.0. The molecule has 7 atom stereocenters. The minimum absolute atomic E-state index is 0.00714. The van der Waals surface area contributed by atoms with Crippen molar-refractivity contribution in [2.75, 3.05) is 11.9 Å². The highest BCUT2D eigenvalue weighted by atomic mass is 79.9. The number of ether oxygens (including phenoxy) is 1. The fraction of sp³-hybridized carbons (Fsp3) is 0.524. The van der Waals surface area contributed by atoms with Gasteiger partial charge in [0.1, 0.15) is 6.04 Å². The number of hydrogen-bond donors (Lipinski definition) is 1. The number of imide groups is 1. The van der Waals surface area contributed by atoms with E-state index in [0.717, 1.165) is 29.5 Å². The normalized spacial score (nSPS) is 31.5. The summed E-state index contributed by atoms with van der Waals surface area (Å²) in [7, 11) is 0. The first-order valence-corrected chi connectivity index (χ1v) is 12.0. The smallest absolute Gasteiger partial charge is 0.416 e. The van der Waals surface area contributed by atoms with Gasteiger partial charge in [0.2, 0.25) is 11.8 Å². The molecule has 178 valence electrons. The van der Waals surface area contributed by atoms with Crippen molar-refractivity contribution in [3.8, 4) is 0 Å². The highest BCUT2D eigenvalue weighted by Crippen LogP contribution is 2.60. The molecule has 0 spiro atoms. The molecule has 1 saturated heterocycles. The van der Waals surface area contributed by atoms with Crippen LogP contribution < -0.4 is 5.32 Å². The number of likely N-dealkylation sites (tertiary alicyclic amines) is 1. The Morgan fingerprint density at radius 2 is 1.73 bits per heavy atom. The monoisotopic (exact) mass is 594 g/mol. The van der Waals surface area contributed by atoms with Gasteiger partial charge in [-0.05, 0) is 43.4 Å². The molecule has 7 nitrogen and oxygen atoms in total. The molecule has 2 saturated carbocycles. The Morgan fingerprint density at radius 3 is 2.27 bits per heavy atom. The first-order valence-electron chi connectivity index (χ1n) is 10.2. The second-order valence-corrected chi connectivity index (χ2v) is 10.6. The van der Waals surface area contributed by atoms with Crippen LogP contribution in [0, 0.1) is 23.7 Å². The van der Waals surface area contributed by atoms with E-state index in [-0.39, 0.29) is 27.2 Å². The largest absolute Gasteiger partial charge is 0.454 e. The van der Waals surface area contributed by atoms with Crippen LogP contribution in [0.1, 0.15) is 18.9 Å². The third-order valence-electron chi connectivity index (χ3n) is 6.57. The van der Waals surface area contributed by atoms with Crippen molar-refractivity contribution in [2.45, 2.75) is 35.2 Å². The van der Waals surface area contributed by atoms with E-state index in [0.29, 0.717) is 0 Å². The number of hydrogen-bond acceptors (Lipinski definition) is 5. The number of amides is 3. The molecule has 1 aliphatic heterocycles. The van der Waals surface area contributed by atoms with Crippen LogP contribution in [-0.2, 0) is 30.1 Å². The third kappa shape index (κ3) is 4.20. The molecule has 0 unspecified atom stereocenters. The lowest BCUT2D eigenvalue weighted by Gasteiger charge is -2.28. The lowest BCUT2D eigenvalue weighted by Crippen LogP contribution is -2.45. The SMILES string of the molecule is C[C@H](C(=O)OCC(=O)Nc1cccc(C(F)(F)F)c1)N1C(=O)[C@@H]2[C@H]3C[C@@H]([C@H](Br)[C@H]3Br)[C@@H]2C1=O. The zero-order valence-corrected chi connectivity index (χ0v) is 20.3. The zero-order chi connectivity index (χ0) is 24.2. The number of benzene rings is 1. The van der Waals surface area contributed by atoms with Crippen molar-refractivity contribution in [2.24, 2.45) is 23.7 Å². The summed E-state index contributed by atoms with van der Waals surface area (Å²) < 4.78 is 43.3.